The molecule has 2 aliphatic rings. The van der Waals surface area contributed by atoms with Crippen LogP contribution >= 0.6 is 0 Å². The molecule has 0 radical (unpaired) electrons. The fourth-order valence-electron chi connectivity index (χ4n) is 4.32. The van der Waals surface area contributed by atoms with Gasteiger partial charge in [0.15, 0.2) is 0 Å². The Hall–Kier alpha value is -0.590. The van der Waals surface area contributed by atoms with Crippen LogP contribution in [-0.2, 0) is 4.74 Å². The Morgan fingerprint density at radius 2 is 1.85 bits per heavy atom. The lowest BCUT2D eigenvalue weighted by Gasteiger charge is -2.50. The highest BCUT2D eigenvalue weighted by Crippen LogP contribution is 2.52. The molecule has 3 nitrogen and oxygen atoms in total. The number of nitrogens with zero attached hydrogens (tertiary/aromatic N) is 1. The van der Waals surface area contributed by atoms with Gasteiger partial charge in [-0.05, 0) is 56.8 Å². The van der Waals surface area contributed by atoms with E-state index in [0.29, 0.717) is 18.3 Å². The van der Waals surface area contributed by atoms with Gasteiger partial charge in [0.2, 0.25) is 0 Å². The molecule has 1 N–H and O–H groups in total. The molecule has 0 saturated heterocycles. The summed E-state index contributed by atoms with van der Waals surface area (Å²) in [5.74, 6) is 1.39. The van der Waals surface area contributed by atoms with Crippen molar-refractivity contribution in [2.75, 3.05) is 7.11 Å². The molecule has 0 bridgehead atoms. The molecule has 2 aliphatic carbocycles. The van der Waals surface area contributed by atoms with Gasteiger partial charge in [-0.15, -0.1) is 0 Å². The molecule has 0 spiro atoms. The van der Waals surface area contributed by atoms with Crippen molar-refractivity contribution in [3.8, 4) is 6.07 Å². The van der Waals surface area contributed by atoms with Crippen molar-refractivity contribution >= 4 is 0 Å². The van der Waals surface area contributed by atoms with Crippen molar-refractivity contribution in [1.82, 2.24) is 0 Å². The van der Waals surface area contributed by atoms with E-state index in [4.69, 9.17) is 4.74 Å². The number of methoxy groups -OCH3 is 1. The molecule has 0 aromatic rings. The van der Waals surface area contributed by atoms with E-state index in [1.165, 1.54) is 0 Å². The predicted octanol–water partition coefficient (Wildman–Crippen LogP) is 3.66. The van der Waals surface area contributed by atoms with Gasteiger partial charge in [-0.2, -0.15) is 5.26 Å². The summed E-state index contributed by atoms with van der Waals surface area (Å²) >= 11 is 0. The number of hydrogen-bond acceptors (Lipinski definition) is 3. The highest BCUT2D eigenvalue weighted by atomic mass is 16.5. The predicted molar refractivity (Wildman–Crippen MR) is 79.1 cm³/mol. The van der Waals surface area contributed by atoms with E-state index in [-0.39, 0.29) is 6.10 Å². The molecule has 0 aromatic carbocycles. The Bertz CT molecular complexity index is 366. The Morgan fingerprint density at radius 1 is 1.20 bits per heavy atom. The molecule has 2 unspecified atom stereocenters. The van der Waals surface area contributed by atoms with Crippen LogP contribution in [-0.4, -0.2) is 23.9 Å². The van der Waals surface area contributed by atoms with Crippen LogP contribution in [0.5, 0.6) is 0 Å². The summed E-state index contributed by atoms with van der Waals surface area (Å²) in [6.07, 6.45) is 7.31. The Balaban J connectivity index is 2.13. The van der Waals surface area contributed by atoms with Crippen LogP contribution in [0.3, 0.4) is 0 Å². The second-order valence-corrected chi connectivity index (χ2v) is 7.26. The summed E-state index contributed by atoms with van der Waals surface area (Å²) in [4.78, 5) is 0. The highest BCUT2D eigenvalue weighted by Gasteiger charge is 2.54. The lowest BCUT2D eigenvalue weighted by molar-refractivity contribution is -0.134. The summed E-state index contributed by atoms with van der Waals surface area (Å²) in [6.45, 7) is 4.53. The third kappa shape index (κ3) is 2.73. The normalized spacial score (nSPS) is 42.4. The van der Waals surface area contributed by atoms with Gasteiger partial charge in [-0.3, -0.25) is 0 Å². The number of nitriles is 1. The summed E-state index contributed by atoms with van der Waals surface area (Å²) in [5.41, 5.74) is -1.39. The molecule has 0 heterocycles. The molecular formula is C17H29NO2. The van der Waals surface area contributed by atoms with Gasteiger partial charge in [0.1, 0.15) is 0 Å². The van der Waals surface area contributed by atoms with Crippen LogP contribution in [0.2, 0.25) is 0 Å². The summed E-state index contributed by atoms with van der Waals surface area (Å²) in [5, 5.41) is 21.0. The smallest absolute Gasteiger partial charge is 0.0861 e. The van der Waals surface area contributed by atoms with Crippen molar-refractivity contribution in [2.24, 2.45) is 17.3 Å². The number of hydrogen-bond donors (Lipinski definition) is 1. The molecule has 0 aromatic heterocycles. The Labute approximate surface area is 123 Å². The van der Waals surface area contributed by atoms with Crippen LogP contribution in [0.25, 0.3) is 0 Å². The Kier molecular flexibility index (Phi) is 4.76. The van der Waals surface area contributed by atoms with E-state index in [1.54, 1.807) is 7.11 Å². The molecule has 2 atom stereocenters. The minimum atomic E-state index is -0.845. The van der Waals surface area contributed by atoms with Gasteiger partial charge in [-0.25, -0.2) is 0 Å². The molecule has 2 fully saturated rings. The van der Waals surface area contributed by atoms with E-state index in [0.717, 1.165) is 44.9 Å². The maximum Gasteiger partial charge on any atom is 0.0861 e. The monoisotopic (exact) mass is 279 g/mol. The minimum absolute atomic E-state index is 0.113. The second kappa shape index (κ2) is 6.03. The maximum atomic E-state index is 11.2. The third-order valence-corrected chi connectivity index (χ3v) is 5.95. The van der Waals surface area contributed by atoms with E-state index < -0.39 is 11.0 Å². The van der Waals surface area contributed by atoms with Crippen LogP contribution in [0.15, 0.2) is 0 Å². The molecule has 114 valence electrons. The van der Waals surface area contributed by atoms with Crippen molar-refractivity contribution in [3.05, 3.63) is 0 Å². The zero-order valence-corrected chi connectivity index (χ0v) is 13.2. The number of aliphatic hydroxyl groups is 1. The SMILES string of the molecule is COC1CCCC(O)(C2(C#N)CCC(C(C)C)CC2)C1. The Morgan fingerprint density at radius 3 is 2.35 bits per heavy atom. The summed E-state index contributed by atoms with van der Waals surface area (Å²) in [6, 6.07) is 2.53. The first-order valence-corrected chi connectivity index (χ1v) is 8.13. The lowest BCUT2D eigenvalue weighted by atomic mass is 9.57. The van der Waals surface area contributed by atoms with E-state index in [9.17, 15) is 10.4 Å². The average molecular weight is 279 g/mol. The largest absolute Gasteiger partial charge is 0.388 e. The van der Waals surface area contributed by atoms with Gasteiger partial charge in [0.25, 0.3) is 0 Å². The van der Waals surface area contributed by atoms with Gasteiger partial charge in [0.05, 0.1) is 23.2 Å². The van der Waals surface area contributed by atoms with Crippen LogP contribution < -0.4 is 0 Å². The van der Waals surface area contributed by atoms with Crippen LogP contribution in [0.1, 0.15) is 65.2 Å². The first kappa shape index (κ1) is 15.8. The minimum Gasteiger partial charge on any atom is -0.388 e. The molecular weight excluding hydrogens is 250 g/mol. The average Bonchev–Trinajstić information content (AvgIpc) is 2.47. The molecule has 3 heteroatoms. The van der Waals surface area contributed by atoms with Crippen LogP contribution in [0, 0.1) is 28.6 Å². The molecule has 2 rings (SSSR count). The molecule has 0 aliphatic heterocycles. The molecule has 20 heavy (non-hydrogen) atoms. The van der Waals surface area contributed by atoms with Crippen molar-refractivity contribution < 1.29 is 9.84 Å². The highest BCUT2D eigenvalue weighted by molar-refractivity contribution is 5.14. The summed E-state index contributed by atoms with van der Waals surface area (Å²) < 4.78 is 5.46. The standard InChI is InChI=1S/C17H29NO2/c1-13(2)14-6-9-16(12-18,10-7-14)17(19)8-4-5-15(11-17)20-3/h13-15,19H,4-11H2,1-3H3. The molecule has 2 saturated carbocycles. The van der Waals surface area contributed by atoms with Gasteiger partial charge >= 0.3 is 0 Å². The lowest BCUT2D eigenvalue weighted by Crippen LogP contribution is -2.53. The number of ether oxygens (including phenoxy) is 1. The zero-order valence-electron chi connectivity index (χ0n) is 13.2. The zero-order chi connectivity index (χ0) is 14.8. The summed E-state index contributed by atoms with van der Waals surface area (Å²) in [7, 11) is 1.71. The second-order valence-electron chi connectivity index (χ2n) is 7.26. The third-order valence-electron chi connectivity index (χ3n) is 5.95. The van der Waals surface area contributed by atoms with Gasteiger partial charge in [0, 0.05) is 13.5 Å². The van der Waals surface area contributed by atoms with Gasteiger partial charge < -0.3 is 9.84 Å². The van der Waals surface area contributed by atoms with Gasteiger partial charge in [-0.1, -0.05) is 13.8 Å². The van der Waals surface area contributed by atoms with Crippen molar-refractivity contribution in [3.63, 3.8) is 0 Å². The first-order chi connectivity index (χ1) is 9.46. The van der Waals surface area contributed by atoms with E-state index >= 15 is 0 Å². The topological polar surface area (TPSA) is 53.2 Å². The number of rotatable bonds is 3. The van der Waals surface area contributed by atoms with Crippen molar-refractivity contribution in [1.29, 1.82) is 5.26 Å². The van der Waals surface area contributed by atoms with Crippen molar-refractivity contribution in [2.45, 2.75) is 76.9 Å². The quantitative estimate of drug-likeness (QED) is 0.857. The molecule has 0 amide bonds. The fraction of sp³-hybridized carbons (Fsp3) is 0.941. The first-order valence-electron chi connectivity index (χ1n) is 8.13. The van der Waals surface area contributed by atoms with E-state index in [1.807, 2.05) is 0 Å². The fourth-order valence-corrected chi connectivity index (χ4v) is 4.32. The maximum absolute atomic E-state index is 11.2. The van der Waals surface area contributed by atoms with Crippen LogP contribution in [0.4, 0.5) is 0 Å². The van der Waals surface area contributed by atoms with E-state index in [2.05, 4.69) is 19.9 Å².